The quantitative estimate of drug-likeness (QED) is 0.722. The molecule has 0 radical (unpaired) electrons. The normalized spacial score (nSPS) is 14.4. The minimum atomic E-state index is -0.194. The van der Waals surface area contributed by atoms with E-state index < -0.39 is 0 Å². The van der Waals surface area contributed by atoms with Crippen molar-refractivity contribution in [1.82, 2.24) is 5.32 Å². The van der Waals surface area contributed by atoms with Crippen molar-refractivity contribution in [3.05, 3.63) is 34.6 Å². The van der Waals surface area contributed by atoms with Crippen LogP contribution in [0.25, 0.3) is 0 Å². The van der Waals surface area contributed by atoms with E-state index in [9.17, 15) is 4.39 Å². The molecular weight excluding hydrogens is 261 g/mol. The number of halogens is 2. The Morgan fingerprint density at radius 3 is 2.63 bits per heavy atom. The molecule has 1 rings (SSSR count). The fraction of sp³-hybridized carbons (Fsp3) is 0.625. The molecule has 0 aliphatic rings. The predicted molar refractivity (Wildman–Crippen MR) is 81.3 cm³/mol. The smallest absolute Gasteiger partial charge is 0.127 e. The SMILES string of the molecule is CCCNC(Cc1ccc(Cl)cc1F)CC(C)CC. The molecule has 2 atom stereocenters. The van der Waals surface area contributed by atoms with E-state index in [4.69, 9.17) is 11.6 Å². The van der Waals surface area contributed by atoms with Crippen molar-refractivity contribution in [3.63, 3.8) is 0 Å². The lowest BCUT2D eigenvalue weighted by molar-refractivity contribution is 0.388. The summed E-state index contributed by atoms with van der Waals surface area (Å²) in [6.07, 6.45) is 4.07. The van der Waals surface area contributed by atoms with Crippen molar-refractivity contribution in [1.29, 1.82) is 0 Å². The van der Waals surface area contributed by atoms with Gasteiger partial charge in [0, 0.05) is 11.1 Å². The second-order valence-corrected chi connectivity index (χ2v) is 5.78. The molecule has 0 aliphatic carbocycles. The van der Waals surface area contributed by atoms with Crippen LogP contribution in [0.5, 0.6) is 0 Å². The van der Waals surface area contributed by atoms with Gasteiger partial charge in [0.2, 0.25) is 0 Å². The maximum atomic E-state index is 13.8. The lowest BCUT2D eigenvalue weighted by Gasteiger charge is -2.22. The van der Waals surface area contributed by atoms with E-state index in [1.165, 1.54) is 6.07 Å². The summed E-state index contributed by atoms with van der Waals surface area (Å²) in [6, 6.07) is 5.30. The summed E-state index contributed by atoms with van der Waals surface area (Å²) >= 11 is 5.79. The van der Waals surface area contributed by atoms with Crippen LogP contribution in [-0.4, -0.2) is 12.6 Å². The van der Waals surface area contributed by atoms with Crippen LogP contribution in [0, 0.1) is 11.7 Å². The van der Waals surface area contributed by atoms with Crippen molar-refractivity contribution < 1.29 is 4.39 Å². The van der Waals surface area contributed by atoms with E-state index in [0.717, 1.165) is 37.8 Å². The Morgan fingerprint density at radius 2 is 2.05 bits per heavy atom. The van der Waals surface area contributed by atoms with Gasteiger partial charge in [0.05, 0.1) is 0 Å². The van der Waals surface area contributed by atoms with Gasteiger partial charge >= 0.3 is 0 Å². The van der Waals surface area contributed by atoms with Crippen LogP contribution in [0.3, 0.4) is 0 Å². The summed E-state index contributed by atoms with van der Waals surface area (Å²) in [5.41, 5.74) is 0.751. The maximum absolute atomic E-state index is 13.8. The second kappa shape index (κ2) is 8.55. The molecule has 1 aromatic rings. The van der Waals surface area contributed by atoms with Gasteiger partial charge in [-0.1, -0.05) is 44.9 Å². The summed E-state index contributed by atoms with van der Waals surface area (Å²) in [5, 5.41) is 3.98. The Bertz CT molecular complexity index is 381. The van der Waals surface area contributed by atoms with Crippen LogP contribution in [0.1, 0.15) is 45.6 Å². The zero-order chi connectivity index (χ0) is 14.3. The highest BCUT2D eigenvalue weighted by molar-refractivity contribution is 6.30. The van der Waals surface area contributed by atoms with E-state index in [-0.39, 0.29) is 5.82 Å². The first-order valence-corrected chi connectivity index (χ1v) is 7.61. The highest BCUT2D eigenvalue weighted by Gasteiger charge is 2.14. The Balaban J connectivity index is 2.69. The van der Waals surface area contributed by atoms with Crippen molar-refractivity contribution in [3.8, 4) is 0 Å². The topological polar surface area (TPSA) is 12.0 Å². The van der Waals surface area contributed by atoms with Gasteiger partial charge in [-0.05, 0) is 49.4 Å². The van der Waals surface area contributed by atoms with Crippen LogP contribution in [0.4, 0.5) is 4.39 Å². The lowest BCUT2D eigenvalue weighted by Crippen LogP contribution is -2.33. The molecule has 19 heavy (non-hydrogen) atoms. The highest BCUT2D eigenvalue weighted by atomic mass is 35.5. The Morgan fingerprint density at radius 1 is 1.32 bits per heavy atom. The van der Waals surface area contributed by atoms with E-state index in [0.29, 0.717) is 17.0 Å². The van der Waals surface area contributed by atoms with E-state index in [1.807, 2.05) is 0 Å². The first-order valence-electron chi connectivity index (χ1n) is 7.24. The fourth-order valence-corrected chi connectivity index (χ4v) is 2.35. The first-order chi connectivity index (χ1) is 9.06. The van der Waals surface area contributed by atoms with Gasteiger partial charge in [-0.3, -0.25) is 0 Å². The molecule has 1 N–H and O–H groups in total. The number of hydrogen-bond donors (Lipinski definition) is 1. The Hall–Kier alpha value is -0.600. The predicted octanol–water partition coefficient (Wildman–Crippen LogP) is 4.83. The summed E-state index contributed by atoms with van der Waals surface area (Å²) in [4.78, 5) is 0. The standard InChI is InChI=1S/C16H25ClFN/c1-4-8-19-15(9-12(3)5-2)10-13-6-7-14(17)11-16(13)18/h6-7,11-12,15,19H,4-5,8-10H2,1-3H3. The van der Waals surface area contributed by atoms with E-state index in [1.54, 1.807) is 12.1 Å². The third-order valence-electron chi connectivity index (χ3n) is 3.55. The molecule has 3 heteroatoms. The van der Waals surface area contributed by atoms with Gasteiger partial charge in [0.25, 0.3) is 0 Å². The fourth-order valence-electron chi connectivity index (χ4n) is 2.19. The number of hydrogen-bond acceptors (Lipinski definition) is 1. The minimum absolute atomic E-state index is 0.194. The molecule has 0 heterocycles. The minimum Gasteiger partial charge on any atom is -0.314 e. The van der Waals surface area contributed by atoms with Gasteiger partial charge in [0.1, 0.15) is 5.82 Å². The van der Waals surface area contributed by atoms with Gasteiger partial charge in [-0.15, -0.1) is 0 Å². The second-order valence-electron chi connectivity index (χ2n) is 5.34. The molecule has 1 nitrogen and oxygen atoms in total. The average Bonchev–Trinajstić information content (AvgIpc) is 2.38. The zero-order valence-corrected chi connectivity index (χ0v) is 12.9. The molecule has 108 valence electrons. The first kappa shape index (κ1) is 16.5. The molecule has 0 spiro atoms. The molecule has 2 unspecified atom stereocenters. The third-order valence-corrected chi connectivity index (χ3v) is 3.78. The van der Waals surface area contributed by atoms with Crippen molar-refractivity contribution in [2.45, 2.75) is 52.5 Å². The molecule has 0 aliphatic heterocycles. The summed E-state index contributed by atoms with van der Waals surface area (Å²) in [6.45, 7) is 7.58. The van der Waals surface area contributed by atoms with Gasteiger partial charge in [-0.25, -0.2) is 4.39 Å². The van der Waals surface area contributed by atoms with Crippen molar-refractivity contribution in [2.24, 2.45) is 5.92 Å². The van der Waals surface area contributed by atoms with Gasteiger partial charge in [0.15, 0.2) is 0 Å². The largest absolute Gasteiger partial charge is 0.314 e. The van der Waals surface area contributed by atoms with Crippen molar-refractivity contribution >= 4 is 11.6 Å². The van der Waals surface area contributed by atoms with Crippen LogP contribution in [0.15, 0.2) is 18.2 Å². The summed E-state index contributed by atoms with van der Waals surface area (Å²) in [5.74, 6) is 0.463. The van der Waals surface area contributed by atoms with E-state index in [2.05, 4.69) is 26.1 Å². The average molecular weight is 286 g/mol. The molecule has 0 fully saturated rings. The number of rotatable bonds is 8. The zero-order valence-electron chi connectivity index (χ0n) is 12.2. The van der Waals surface area contributed by atoms with Crippen LogP contribution < -0.4 is 5.32 Å². The summed E-state index contributed by atoms with van der Waals surface area (Å²) < 4.78 is 13.8. The molecule has 0 bridgehead atoms. The van der Waals surface area contributed by atoms with Gasteiger partial charge in [-0.2, -0.15) is 0 Å². The lowest BCUT2D eigenvalue weighted by atomic mass is 9.94. The molecule has 0 saturated heterocycles. The molecule has 1 aromatic carbocycles. The molecule has 0 aromatic heterocycles. The monoisotopic (exact) mass is 285 g/mol. The van der Waals surface area contributed by atoms with Crippen LogP contribution >= 0.6 is 11.6 Å². The van der Waals surface area contributed by atoms with Crippen LogP contribution in [0.2, 0.25) is 5.02 Å². The third kappa shape index (κ3) is 5.92. The number of benzene rings is 1. The van der Waals surface area contributed by atoms with Gasteiger partial charge < -0.3 is 5.32 Å². The molecular formula is C16H25ClFN. The Labute approximate surface area is 121 Å². The molecule has 0 amide bonds. The highest BCUT2D eigenvalue weighted by Crippen LogP contribution is 2.19. The number of nitrogens with one attached hydrogen (secondary N) is 1. The molecule has 0 saturated carbocycles. The maximum Gasteiger partial charge on any atom is 0.127 e. The van der Waals surface area contributed by atoms with E-state index >= 15 is 0 Å². The van der Waals surface area contributed by atoms with Crippen LogP contribution in [-0.2, 0) is 6.42 Å². The summed E-state index contributed by atoms with van der Waals surface area (Å²) in [7, 11) is 0. The Kier molecular flexibility index (Phi) is 7.40. The van der Waals surface area contributed by atoms with Crippen molar-refractivity contribution in [2.75, 3.05) is 6.54 Å².